The van der Waals surface area contributed by atoms with Gasteiger partial charge >= 0.3 is 0 Å². The number of rotatable bonds is 3. The van der Waals surface area contributed by atoms with Crippen LogP contribution in [0, 0.1) is 5.82 Å². The van der Waals surface area contributed by atoms with Crippen molar-refractivity contribution in [3.05, 3.63) is 24.0 Å². The van der Waals surface area contributed by atoms with Gasteiger partial charge in [0.1, 0.15) is 11.6 Å². The minimum atomic E-state index is -0.303. The first-order valence-electron chi connectivity index (χ1n) is 8.29. The quantitative estimate of drug-likeness (QED) is 0.856. The molecule has 2 aliphatic rings. The van der Waals surface area contributed by atoms with Crippen molar-refractivity contribution in [3.63, 3.8) is 0 Å². The molecule has 2 heterocycles. The molecule has 1 N–H and O–H groups in total. The summed E-state index contributed by atoms with van der Waals surface area (Å²) in [6.45, 7) is 3.79. The van der Waals surface area contributed by atoms with E-state index in [0.717, 1.165) is 44.6 Å². The van der Waals surface area contributed by atoms with Crippen LogP contribution < -0.4 is 15.0 Å². The van der Waals surface area contributed by atoms with E-state index in [9.17, 15) is 9.18 Å². The Morgan fingerprint density at radius 3 is 2.52 bits per heavy atom. The summed E-state index contributed by atoms with van der Waals surface area (Å²) in [7, 11) is 1.55. The molecule has 2 aliphatic heterocycles. The lowest BCUT2D eigenvalue weighted by molar-refractivity contribution is -0.134. The highest BCUT2D eigenvalue weighted by atomic mass is 35.5. The SMILES string of the molecule is COc1cc(F)ccc1N1CCN(C(=O)[C@H]2CCCCN2)CC1.Cl.Cl. The Morgan fingerprint density at radius 1 is 1.20 bits per heavy atom. The van der Waals surface area contributed by atoms with Crippen molar-refractivity contribution >= 4 is 36.4 Å². The van der Waals surface area contributed by atoms with Crippen molar-refractivity contribution in [2.75, 3.05) is 44.7 Å². The van der Waals surface area contributed by atoms with Crippen molar-refractivity contribution in [2.24, 2.45) is 0 Å². The number of anilines is 1. The molecule has 3 rings (SSSR count). The first-order valence-corrected chi connectivity index (χ1v) is 8.29. The summed E-state index contributed by atoms with van der Waals surface area (Å²) in [6, 6.07) is 4.57. The molecule has 2 fully saturated rings. The van der Waals surface area contributed by atoms with Gasteiger partial charge in [-0.1, -0.05) is 6.42 Å². The zero-order valence-corrected chi connectivity index (χ0v) is 16.0. The average molecular weight is 394 g/mol. The number of halogens is 3. The third kappa shape index (κ3) is 5.12. The molecule has 1 aromatic carbocycles. The molecule has 0 bridgehead atoms. The fourth-order valence-electron chi connectivity index (χ4n) is 3.36. The van der Waals surface area contributed by atoms with E-state index in [1.54, 1.807) is 13.2 Å². The Balaban J connectivity index is 0.00000156. The highest BCUT2D eigenvalue weighted by molar-refractivity contribution is 5.85. The van der Waals surface area contributed by atoms with Crippen LogP contribution in [0.25, 0.3) is 0 Å². The Labute approximate surface area is 160 Å². The van der Waals surface area contributed by atoms with Gasteiger partial charge in [-0.05, 0) is 31.5 Å². The molecule has 0 spiro atoms. The minimum absolute atomic E-state index is 0. The number of piperazine rings is 1. The maximum absolute atomic E-state index is 13.3. The lowest BCUT2D eigenvalue weighted by atomic mass is 10.0. The smallest absolute Gasteiger partial charge is 0.239 e. The first-order chi connectivity index (χ1) is 11.2. The Kier molecular flexibility index (Phi) is 8.76. The fraction of sp³-hybridized carbons (Fsp3) is 0.588. The van der Waals surface area contributed by atoms with E-state index in [1.807, 2.05) is 4.90 Å². The maximum atomic E-state index is 13.3. The second-order valence-corrected chi connectivity index (χ2v) is 6.13. The standard InChI is InChI=1S/C17H24FN3O2.2ClH/c1-23-16-12-13(18)5-6-15(16)20-8-10-21(11-9-20)17(22)14-4-2-3-7-19-14;;/h5-6,12,14,19H,2-4,7-11H2,1H3;2*1H/t14-;;/m1../s1. The van der Waals surface area contributed by atoms with Gasteiger partial charge in [-0.2, -0.15) is 0 Å². The number of hydrogen-bond donors (Lipinski definition) is 1. The molecular formula is C17H26Cl2FN3O2. The minimum Gasteiger partial charge on any atom is -0.494 e. The van der Waals surface area contributed by atoms with Gasteiger partial charge in [0.25, 0.3) is 0 Å². The Hall–Kier alpha value is -1.24. The summed E-state index contributed by atoms with van der Waals surface area (Å²) in [5, 5.41) is 3.32. The highest BCUT2D eigenvalue weighted by Crippen LogP contribution is 2.29. The van der Waals surface area contributed by atoms with Crippen molar-refractivity contribution in [2.45, 2.75) is 25.3 Å². The molecule has 0 aromatic heterocycles. The number of carbonyl (C=O) groups excluding carboxylic acids is 1. The molecule has 0 unspecified atom stereocenters. The number of benzene rings is 1. The van der Waals surface area contributed by atoms with Gasteiger partial charge in [0.2, 0.25) is 5.91 Å². The summed E-state index contributed by atoms with van der Waals surface area (Å²) < 4.78 is 18.6. The van der Waals surface area contributed by atoms with Crippen molar-refractivity contribution in [3.8, 4) is 5.75 Å². The topological polar surface area (TPSA) is 44.8 Å². The van der Waals surface area contributed by atoms with E-state index in [2.05, 4.69) is 10.2 Å². The predicted molar refractivity (Wildman–Crippen MR) is 102 cm³/mol. The van der Waals surface area contributed by atoms with Crippen molar-refractivity contribution < 1.29 is 13.9 Å². The van der Waals surface area contributed by atoms with E-state index < -0.39 is 0 Å². The normalized spacial score (nSPS) is 20.3. The summed E-state index contributed by atoms with van der Waals surface area (Å²) in [5.41, 5.74) is 0.886. The van der Waals surface area contributed by atoms with E-state index in [1.165, 1.54) is 12.1 Å². The number of nitrogens with one attached hydrogen (secondary N) is 1. The molecule has 2 saturated heterocycles. The molecule has 0 radical (unpaired) electrons. The van der Waals surface area contributed by atoms with Gasteiger partial charge in [-0.25, -0.2) is 4.39 Å². The second-order valence-electron chi connectivity index (χ2n) is 6.13. The number of ether oxygens (including phenoxy) is 1. The maximum Gasteiger partial charge on any atom is 0.239 e. The van der Waals surface area contributed by atoms with Gasteiger partial charge < -0.3 is 19.9 Å². The third-order valence-corrected chi connectivity index (χ3v) is 4.68. The first kappa shape index (κ1) is 21.8. The molecule has 0 aliphatic carbocycles. The van der Waals surface area contributed by atoms with Crippen LogP contribution in [0.15, 0.2) is 18.2 Å². The molecule has 142 valence electrons. The Bertz CT molecular complexity index is 563. The van der Waals surface area contributed by atoms with Crippen LogP contribution in [0.1, 0.15) is 19.3 Å². The van der Waals surface area contributed by atoms with E-state index in [-0.39, 0.29) is 42.6 Å². The number of hydrogen-bond acceptors (Lipinski definition) is 4. The van der Waals surface area contributed by atoms with Crippen LogP contribution in [0.2, 0.25) is 0 Å². The van der Waals surface area contributed by atoms with Gasteiger partial charge in [-0.15, -0.1) is 24.8 Å². The molecular weight excluding hydrogens is 368 g/mol. The monoisotopic (exact) mass is 393 g/mol. The second kappa shape index (κ2) is 10.0. The van der Waals surface area contributed by atoms with Gasteiger partial charge in [0, 0.05) is 32.2 Å². The lowest BCUT2D eigenvalue weighted by Gasteiger charge is -2.38. The number of piperidine rings is 1. The molecule has 1 amide bonds. The molecule has 1 atom stereocenters. The largest absolute Gasteiger partial charge is 0.494 e. The molecule has 8 heteroatoms. The van der Waals surface area contributed by atoms with Gasteiger partial charge in [0.05, 0.1) is 18.8 Å². The number of amides is 1. The number of carbonyl (C=O) groups is 1. The molecule has 0 saturated carbocycles. The van der Waals surface area contributed by atoms with Crippen LogP contribution in [0.3, 0.4) is 0 Å². The summed E-state index contributed by atoms with van der Waals surface area (Å²) in [5.74, 6) is 0.455. The lowest BCUT2D eigenvalue weighted by Crippen LogP contribution is -2.55. The van der Waals surface area contributed by atoms with Crippen molar-refractivity contribution in [1.29, 1.82) is 0 Å². The molecule has 25 heavy (non-hydrogen) atoms. The van der Waals surface area contributed by atoms with Gasteiger partial charge in [0.15, 0.2) is 0 Å². The van der Waals surface area contributed by atoms with E-state index in [4.69, 9.17) is 4.74 Å². The molecule has 5 nitrogen and oxygen atoms in total. The summed E-state index contributed by atoms with van der Waals surface area (Å²) in [4.78, 5) is 16.6. The highest BCUT2D eigenvalue weighted by Gasteiger charge is 2.28. The summed E-state index contributed by atoms with van der Waals surface area (Å²) >= 11 is 0. The van der Waals surface area contributed by atoms with E-state index >= 15 is 0 Å². The number of methoxy groups -OCH3 is 1. The van der Waals surface area contributed by atoms with Crippen LogP contribution in [-0.2, 0) is 4.79 Å². The van der Waals surface area contributed by atoms with Crippen LogP contribution >= 0.6 is 24.8 Å². The number of nitrogens with zero attached hydrogens (tertiary/aromatic N) is 2. The zero-order valence-electron chi connectivity index (χ0n) is 14.4. The Morgan fingerprint density at radius 2 is 1.92 bits per heavy atom. The van der Waals surface area contributed by atoms with Crippen LogP contribution in [-0.4, -0.2) is 56.7 Å². The van der Waals surface area contributed by atoms with Crippen molar-refractivity contribution in [1.82, 2.24) is 10.2 Å². The molecule has 1 aromatic rings. The average Bonchev–Trinajstić information content (AvgIpc) is 2.62. The summed E-state index contributed by atoms with van der Waals surface area (Å²) in [6.07, 6.45) is 3.21. The van der Waals surface area contributed by atoms with Gasteiger partial charge in [-0.3, -0.25) is 4.79 Å². The zero-order chi connectivity index (χ0) is 16.2. The third-order valence-electron chi connectivity index (χ3n) is 4.68. The van der Waals surface area contributed by atoms with Crippen LogP contribution in [0.4, 0.5) is 10.1 Å². The predicted octanol–water partition coefficient (Wildman–Crippen LogP) is 2.47. The van der Waals surface area contributed by atoms with Crippen LogP contribution in [0.5, 0.6) is 5.75 Å². The van der Waals surface area contributed by atoms with E-state index in [0.29, 0.717) is 18.8 Å². The fourth-order valence-corrected chi connectivity index (χ4v) is 3.36.